The van der Waals surface area contributed by atoms with Crippen LogP contribution in [0.5, 0.6) is 11.6 Å². The van der Waals surface area contributed by atoms with Crippen LogP contribution in [0.2, 0.25) is 0 Å². The summed E-state index contributed by atoms with van der Waals surface area (Å²) in [6.07, 6.45) is 0.430. The Morgan fingerprint density at radius 3 is 2.35 bits per heavy atom. The SMILES string of the molecule is COc1ccc(-c2c(C)cn(Cc3ccc(F)cc3)c2OC(=O)O)cc1. The number of aromatic nitrogens is 1. The summed E-state index contributed by atoms with van der Waals surface area (Å²) < 4.78 is 25.1. The van der Waals surface area contributed by atoms with Crippen molar-refractivity contribution in [1.29, 1.82) is 0 Å². The third-order valence-electron chi connectivity index (χ3n) is 4.05. The molecule has 0 radical (unpaired) electrons. The Hall–Kier alpha value is -3.28. The third-order valence-corrected chi connectivity index (χ3v) is 4.05. The number of rotatable bonds is 5. The molecule has 0 saturated heterocycles. The molecule has 3 aromatic rings. The van der Waals surface area contributed by atoms with Gasteiger partial charge in [0.05, 0.1) is 13.7 Å². The molecule has 0 unspecified atom stereocenters. The summed E-state index contributed by atoms with van der Waals surface area (Å²) in [7, 11) is 1.58. The molecule has 0 bridgehead atoms. The van der Waals surface area contributed by atoms with Crippen molar-refractivity contribution in [3.05, 3.63) is 71.7 Å². The van der Waals surface area contributed by atoms with Crippen molar-refractivity contribution in [3.8, 4) is 22.8 Å². The number of methoxy groups -OCH3 is 1. The Kier molecular flexibility index (Phi) is 4.93. The lowest BCUT2D eigenvalue weighted by molar-refractivity contribution is 0.141. The van der Waals surface area contributed by atoms with Crippen LogP contribution in [-0.4, -0.2) is 22.9 Å². The molecule has 26 heavy (non-hydrogen) atoms. The summed E-state index contributed by atoms with van der Waals surface area (Å²) in [5, 5.41) is 9.15. The normalized spacial score (nSPS) is 10.6. The molecule has 0 fully saturated rings. The predicted molar refractivity (Wildman–Crippen MR) is 95.3 cm³/mol. The van der Waals surface area contributed by atoms with Crippen LogP contribution in [-0.2, 0) is 6.54 Å². The molecule has 1 heterocycles. The van der Waals surface area contributed by atoms with Crippen LogP contribution in [0, 0.1) is 12.7 Å². The van der Waals surface area contributed by atoms with Crippen LogP contribution in [0.3, 0.4) is 0 Å². The summed E-state index contributed by atoms with van der Waals surface area (Å²) in [4.78, 5) is 11.2. The lowest BCUT2D eigenvalue weighted by Gasteiger charge is -2.11. The summed E-state index contributed by atoms with van der Waals surface area (Å²) in [6.45, 7) is 2.25. The molecule has 0 spiro atoms. The molecule has 0 aliphatic rings. The lowest BCUT2D eigenvalue weighted by Crippen LogP contribution is -2.09. The first-order chi connectivity index (χ1) is 12.5. The van der Waals surface area contributed by atoms with Crippen molar-refractivity contribution in [2.75, 3.05) is 7.11 Å². The number of benzene rings is 2. The van der Waals surface area contributed by atoms with Gasteiger partial charge in [-0.2, -0.15) is 0 Å². The Morgan fingerprint density at radius 2 is 1.77 bits per heavy atom. The van der Waals surface area contributed by atoms with E-state index in [1.54, 1.807) is 35.9 Å². The van der Waals surface area contributed by atoms with Gasteiger partial charge in [-0.3, -0.25) is 0 Å². The highest BCUT2D eigenvalue weighted by Crippen LogP contribution is 2.36. The molecule has 1 aromatic heterocycles. The molecular formula is C20H18FNO4. The van der Waals surface area contributed by atoms with Gasteiger partial charge >= 0.3 is 6.16 Å². The second kappa shape index (κ2) is 7.31. The number of carbonyl (C=O) groups is 1. The molecular weight excluding hydrogens is 337 g/mol. The Labute approximate surface area is 150 Å². The number of ether oxygens (including phenoxy) is 2. The van der Waals surface area contributed by atoms with E-state index in [9.17, 15) is 9.18 Å². The minimum atomic E-state index is -1.39. The maximum absolute atomic E-state index is 13.1. The lowest BCUT2D eigenvalue weighted by atomic mass is 10.0. The van der Waals surface area contributed by atoms with Crippen molar-refractivity contribution in [3.63, 3.8) is 0 Å². The minimum absolute atomic E-state index is 0.226. The zero-order chi connectivity index (χ0) is 18.7. The summed E-state index contributed by atoms with van der Waals surface area (Å²) >= 11 is 0. The van der Waals surface area contributed by atoms with Gasteiger partial charge in [-0.15, -0.1) is 0 Å². The first-order valence-corrected chi connectivity index (χ1v) is 7.97. The highest BCUT2D eigenvalue weighted by Gasteiger charge is 2.19. The Bertz CT molecular complexity index is 914. The average molecular weight is 355 g/mol. The average Bonchev–Trinajstić information content (AvgIpc) is 2.91. The Morgan fingerprint density at radius 1 is 1.12 bits per heavy atom. The third kappa shape index (κ3) is 3.69. The number of nitrogens with zero attached hydrogens (tertiary/aromatic N) is 1. The van der Waals surface area contributed by atoms with Crippen molar-refractivity contribution in [2.24, 2.45) is 0 Å². The monoisotopic (exact) mass is 355 g/mol. The largest absolute Gasteiger partial charge is 0.512 e. The molecule has 5 nitrogen and oxygen atoms in total. The molecule has 6 heteroatoms. The van der Waals surface area contributed by atoms with Gasteiger partial charge in [0.25, 0.3) is 0 Å². The van der Waals surface area contributed by atoms with E-state index in [2.05, 4.69) is 0 Å². The molecule has 3 rings (SSSR count). The van der Waals surface area contributed by atoms with Gasteiger partial charge in [-0.1, -0.05) is 24.3 Å². The van der Waals surface area contributed by atoms with E-state index in [0.29, 0.717) is 17.9 Å². The predicted octanol–water partition coefficient (Wildman–Crippen LogP) is 4.72. The summed E-state index contributed by atoms with van der Waals surface area (Å²) in [5.41, 5.74) is 3.21. The van der Waals surface area contributed by atoms with Gasteiger partial charge in [-0.05, 0) is 47.9 Å². The quantitative estimate of drug-likeness (QED) is 0.673. The fourth-order valence-electron chi connectivity index (χ4n) is 2.87. The molecule has 0 aliphatic heterocycles. The van der Waals surface area contributed by atoms with Crippen molar-refractivity contribution in [2.45, 2.75) is 13.5 Å². The van der Waals surface area contributed by atoms with Crippen LogP contribution < -0.4 is 9.47 Å². The maximum Gasteiger partial charge on any atom is 0.512 e. The number of halogens is 1. The minimum Gasteiger partial charge on any atom is -0.497 e. The smallest absolute Gasteiger partial charge is 0.497 e. The van der Waals surface area contributed by atoms with Crippen LogP contribution >= 0.6 is 0 Å². The van der Waals surface area contributed by atoms with E-state index in [1.165, 1.54) is 12.1 Å². The second-order valence-electron chi connectivity index (χ2n) is 5.84. The number of aryl methyl sites for hydroxylation is 1. The van der Waals surface area contributed by atoms with Gasteiger partial charge in [0, 0.05) is 11.8 Å². The molecule has 0 aliphatic carbocycles. The standard InChI is InChI=1S/C20H18FNO4/c1-13-11-22(12-14-3-7-16(21)8-4-14)19(26-20(23)24)18(13)15-5-9-17(25-2)10-6-15/h3-11H,12H2,1-2H3,(H,23,24). The van der Waals surface area contributed by atoms with Gasteiger partial charge in [0.1, 0.15) is 11.6 Å². The first-order valence-electron chi connectivity index (χ1n) is 7.97. The Balaban J connectivity index is 2.04. The van der Waals surface area contributed by atoms with Crippen LogP contribution in [0.25, 0.3) is 11.1 Å². The number of carboxylic acid groups (broad SMARTS) is 1. The molecule has 0 saturated carbocycles. The van der Waals surface area contributed by atoms with E-state index in [-0.39, 0.29) is 11.7 Å². The molecule has 134 valence electrons. The van der Waals surface area contributed by atoms with E-state index < -0.39 is 6.16 Å². The van der Waals surface area contributed by atoms with Gasteiger partial charge in [0.15, 0.2) is 0 Å². The second-order valence-corrected chi connectivity index (χ2v) is 5.84. The maximum atomic E-state index is 13.1. The zero-order valence-corrected chi connectivity index (χ0v) is 14.4. The van der Waals surface area contributed by atoms with E-state index in [4.69, 9.17) is 14.6 Å². The van der Waals surface area contributed by atoms with E-state index in [0.717, 1.165) is 16.7 Å². The number of hydrogen-bond acceptors (Lipinski definition) is 3. The van der Waals surface area contributed by atoms with E-state index >= 15 is 0 Å². The highest BCUT2D eigenvalue weighted by atomic mass is 19.1. The number of hydrogen-bond donors (Lipinski definition) is 1. The van der Waals surface area contributed by atoms with Crippen molar-refractivity contribution in [1.82, 2.24) is 4.57 Å². The fraction of sp³-hybridized carbons (Fsp3) is 0.150. The van der Waals surface area contributed by atoms with Gasteiger partial charge < -0.3 is 19.1 Å². The van der Waals surface area contributed by atoms with Crippen LogP contribution in [0.15, 0.2) is 54.7 Å². The molecule has 0 amide bonds. The van der Waals surface area contributed by atoms with Crippen molar-refractivity contribution < 1.29 is 23.8 Å². The first kappa shape index (κ1) is 17.5. The van der Waals surface area contributed by atoms with Crippen LogP contribution in [0.1, 0.15) is 11.1 Å². The molecule has 1 N–H and O–H groups in total. The van der Waals surface area contributed by atoms with Gasteiger partial charge in [-0.25, -0.2) is 9.18 Å². The molecule has 0 atom stereocenters. The van der Waals surface area contributed by atoms with E-state index in [1.807, 2.05) is 25.3 Å². The highest BCUT2D eigenvalue weighted by molar-refractivity contribution is 5.76. The molecule has 2 aromatic carbocycles. The topological polar surface area (TPSA) is 60.7 Å². The fourth-order valence-corrected chi connectivity index (χ4v) is 2.87. The van der Waals surface area contributed by atoms with Crippen LogP contribution in [0.4, 0.5) is 9.18 Å². The van der Waals surface area contributed by atoms with Crippen molar-refractivity contribution >= 4 is 6.16 Å². The summed E-state index contributed by atoms with van der Waals surface area (Å²) in [5.74, 6) is 0.612. The summed E-state index contributed by atoms with van der Waals surface area (Å²) in [6, 6.07) is 13.3. The zero-order valence-electron chi connectivity index (χ0n) is 14.4. The van der Waals surface area contributed by atoms with Gasteiger partial charge in [0.2, 0.25) is 5.88 Å².